The van der Waals surface area contributed by atoms with Crippen LogP contribution in [0.4, 0.5) is 0 Å². The van der Waals surface area contributed by atoms with Crippen molar-refractivity contribution in [3.8, 4) is 11.5 Å². The first-order valence-corrected chi connectivity index (χ1v) is 8.24. The van der Waals surface area contributed by atoms with Gasteiger partial charge in [0.1, 0.15) is 13.2 Å². The van der Waals surface area contributed by atoms with Crippen LogP contribution in [0.15, 0.2) is 23.1 Å². The molecular formula is C15H21NO3S. The highest BCUT2D eigenvalue weighted by atomic mass is 32.2. The monoisotopic (exact) mass is 295 g/mol. The van der Waals surface area contributed by atoms with Crippen molar-refractivity contribution in [1.29, 1.82) is 0 Å². The van der Waals surface area contributed by atoms with E-state index in [-0.39, 0.29) is 0 Å². The summed E-state index contributed by atoms with van der Waals surface area (Å²) < 4.78 is 16.5. The molecule has 110 valence electrons. The summed E-state index contributed by atoms with van der Waals surface area (Å²) in [5.74, 6) is 2.80. The van der Waals surface area contributed by atoms with Crippen molar-refractivity contribution in [2.75, 3.05) is 38.7 Å². The van der Waals surface area contributed by atoms with E-state index in [9.17, 15) is 0 Å². The maximum absolute atomic E-state index is 5.60. The first-order chi connectivity index (χ1) is 9.92. The van der Waals surface area contributed by atoms with E-state index < -0.39 is 0 Å². The van der Waals surface area contributed by atoms with Gasteiger partial charge in [-0.15, -0.1) is 11.8 Å². The Morgan fingerprint density at radius 1 is 1.05 bits per heavy atom. The van der Waals surface area contributed by atoms with Gasteiger partial charge in [0.25, 0.3) is 0 Å². The third kappa shape index (κ3) is 3.81. The molecular weight excluding hydrogens is 274 g/mol. The molecule has 1 fully saturated rings. The van der Waals surface area contributed by atoms with Gasteiger partial charge < -0.3 is 19.5 Å². The second-order valence-electron chi connectivity index (χ2n) is 4.99. The minimum atomic E-state index is 0.629. The van der Waals surface area contributed by atoms with Gasteiger partial charge in [0, 0.05) is 36.4 Å². The molecule has 2 aliphatic heterocycles. The second kappa shape index (κ2) is 7.20. The van der Waals surface area contributed by atoms with Gasteiger partial charge in [0.15, 0.2) is 11.5 Å². The second-order valence-corrected chi connectivity index (χ2v) is 6.16. The summed E-state index contributed by atoms with van der Waals surface area (Å²) in [6.07, 6.45) is 2.27. The Morgan fingerprint density at radius 3 is 2.70 bits per heavy atom. The summed E-state index contributed by atoms with van der Waals surface area (Å²) in [5.41, 5.74) is 0. The average Bonchev–Trinajstić information content (AvgIpc) is 2.52. The highest BCUT2D eigenvalue weighted by molar-refractivity contribution is 7.99. The van der Waals surface area contributed by atoms with Gasteiger partial charge in [-0.3, -0.25) is 0 Å². The molecule has 1 aromatic rings. The van der Waals surface area contributed by atoms with Gasteiger partial charge in [-0.25, -0.2) is 0 Å². The number of thioether (sulfide) groups is 1. The lowest BCUT2D eigenvalue weighted by atomic mass is 10.1. The predicted molar refractivity (Wildman–Crippen MR) is 80.0 cm³/mol. The van der Waals surface area contributed by atoms with E-state index in [0.29, 0.717) is 19.3 Å². The number of rotatable bonds is 5. The largest absolute Gasteiger partial charge is 0.486 e. The highest BCUT2D eigenvalue weighted by Crippen LogP contribution is 2.33. The van der Waals surface area contributed by atoms with Crippen molar-refractivity contribution < 1.29 is 14.2 Å². The molecule has 0 aromatic heterocycles. The van der Waals surface area contributed by atoms with Crippen molar-refractivity contribution >= 4 is 11.8 Å². The maximum atomic E-state index is 5.60. The molecule has 3 rings (SSSR count). The SMILES string of the molecule is c1cc2c(cc1SCCNC1CCOCC1)OCCO2. The van der Waals surface area contributed by atoms with E-state index in [4.69, 9.17) is 14.2 Å². The molecule has 0 atom stereocenters. The molecule has 0 saturated carbocycles. The number of ether oxygens (including phenoxy) is 3. The maximum Gasteiger partial charge on any atom is 0.162 e. The van der Waals surface area contributed by atoms with E-state index in [1.54, 1.807) is 0 Å². The Morgan fingerprint density at radius 2 is 1.85 bits per heavy atom. The van der Waals surface area contributed by atoms with Crippen molar-refractivity contribution in [2.45, 2.75) is 23.8 Å². The fourth-order valence-corrected chi connectivity index (χ4v) is 3.26. The molecule has 4 nitrogen and oxygen atoms in total. The lowest BCUT2D eigenvalue weighted by molar-refractivity contribution is 0.0786. The Hall–Kier alpha value is -0.910. The Balaban J connectivity index is 1.41. The number of fused-ring (bicyclic) bond motifs is 1. The summed E-state index contributed by atoms with van der Waals surface area (Å²) in [6, 6.07) is 6.81. The lowest BCUT2D eigenvalue weighted by Gasteiger charge is -2.23. The Labute approximate surface area is 124 Å². The molecule has 20 heavy (non-hydrogen) atoms. The predicted octanol–water partition coefficient (Wildman–Crippen LogP) is 2.32. The highest BCUT2D eigenvalue weighted by Gasteiger charge is 2.13. The minimum Gasteiger partial charge on any atom is -0.486 e. The van der Waals surface area contributed by atoms with Crippen LogP contribution in [0.3, 0.4) is 0 Å². The number of hydrogen-bond donors (Lipinski definition) is 1. The van der Waals surface area contributed by atoms with Crippen molar-refractivity contribution in [3.63, 3.8) is 0 Å². The van der Waals surface area contributed by atoms with Crippen LogP contribution in [0.25, 0.3) is 0 Å². The molecule has 1 N–H and O–H groups in total. The zero-order valence-electron chi connectivity index (χ0n) is 11.6. The Bertz CT molecular complexity index is 435. The molecule has 2 heterocycles. The Kier molecular flexibility index (Phi) is 5.06. The third-order valence-corrected chi connectivity index (χ3v) is 4.53. The molecule has 0 radical (unpaired) electrons. The van der Waals surface area contributed by atoms with E-state index in [1.165, 1.54) is 4.90 Å². The normalized spacial score (nSPS) is 19.0. The first kappa shape index (κ1) is 14.0. The van der Waals surface area contributed by atoms with Gasteiger partial charge in [0.05, 0.1) is 0 Å². The van der Waals surface area contributed by atoms with Crippen LogP contribution in [-0.4, -0.2) is 44.8 Å². The molecule has 0 spiro atoms. The van der Waals surface area contributed by atoms with Crippen LogP contribution in [0.1, 0.15) is 12.8 Å². The molecule has 0 aliphatic carbocycles. The van der Waals surface area contributed by atoms with Gasteiger partial charge >= 0.3 is 0 Å². The van der Waals surface area contributed by atoms with Gasteiger partial charge in [-0.05, 0) is 31.0 Å². The topological polar surface area (TPSA) is 39.7 Å². The zero-order chi connectivity index (χ0) is 13.6. The zero-order valence-corrected chi connectivity index (χ0v) is 12.4. The van der Waals surface area contributed by atoms with Crippen molar-refractivity contribution in [1.82, 2.24) is 5.32 Å². The fraction of sp³-hybridized carbons (Fsp3) is 0.600. The average molecular weight is 295 g/mol. The molecule has 1 saturated heterocycles. The quantitative estimate of drug-likeness (QED) is 0.667. The third-order valence-electron chi connectivity index (χ3n) is 3.54. The summed E-state index contributed by atoms with van der Waals surface area (Å²) in [5, 5.41) is 3.60. The van der Waals surface area contributed by atoms with Crippen LogP contribution in [0, 0.1) is 0 Å². The van der Waals surface area contributed by atoms with Crippen LogP contribution in [-0.2, 0) is 4.74 Å². The van der Waals surface area contributed by atoms with E-state index >= 15 is 0 Å². The summed E-state index contributed by atoms with van der Waals surface area (Å²) in [7, 11) is 0. The van der Waals surface area contributed by atoms with Crippen LogP contribution < -0.4 is 14.8 Å². The number of benzene rings is 1. The van der Waals surface area contributed by atoms with Crippen LogP contribution in [0.5, 0.6) is 11.5 Å². The molecule has 0 unspecified atom stereocenters. The van der Waals surface area contributed by atoms with Gasteiger partial charge in [0.2, 0.25) is 0 Å². The number of hydrogen-bond acceptors (Lipinski definition) is 5. The van der Waals surface area contributed by atoms with Gasteiger partial charge in [-0.1, -0.05) is 0 Å². The minimum absolute atomic E-state index is 0.629. The molecule has 2 aliphatic rings. The fourth-order valence-electron chi connectivity index (χ4n) is 2.45. The molecule has 0 bridgehead atoms. The summed E-state index contributed by atoms with van der Waals surface area (Å²) in [4.78, 5) is 1.24. The van der Waals surface area contributed by atoms with Crippen LogP contribution >= 0.6 is 11.8 Å². The summed E-state index contributed by atoms with van der Waals surface area (Å²) >= 11 is 1.85. The van der Waals surface area contributed by atoms with Gasteiger partial charge in [-0.2, -0.15) is 0 Å². The summed E-state index contributed by atoms with van der Waals surface area (Å²) in [6.45, 7) is 4.12. The van der Waals surface area contributed by atoms with Crippen molar-refractivity contribution in [2.24, 2.45) is 0 Å². The number of nitrogens with one attached hydrogen (secondary N) is 1. The van der Waals surface area contributed by atoms with E-state index in [1.807, 2.05) is 17.8 Å². The van der Waals surface area contributed by atoms with Crippen molar-refractivity contribution in [3.05, 3.63) is 18.2 Å². The smallest absolute Gasteiger partial charge is 0.162 e. The standard InChI is InChI=1S/C15H21NO3S/c1-2-14-15(19-9-8-18-14)11-13(1)20-10-5-16-12-3-6-17-7-4-12/h1-2,11-12,16H,3-10H2. The van der Waals surface area contributed by atoms with Crippen LogP contribution in [0.2, 0.25) is 0 Å². The van der Waals surface area contributed by atoms with E-state index in [0.717, 1.165) is 49.9 Å². The first-order valence-electron chi connectivity index (χ1n) is 7.25. The molecule has 0 amide bonds. The lowest BCUT2D eigenvalue weighted by Crippen LogP contribution is -2.35. The molecule has 1 aromatic carbocycles. The van der Waals surface area contributed by atoms with E-state index in [2.05, 4.69) is 17.4 Å². The molecule has 5 heteroatoms.